The van der Waals surface area contributed by atoms with E-state index in [1.54, 1.807) is 0 Å². The quantitative estimate of drug-likeness (QED) is 0.552. The molecule has 1 rings (SSSR count). The maximum Gasteiger partial charge on any atom is 0.460 e. The van der Waals surface area contributed by atoms with E-state index in [0.717, 1.165) is 0 Å². The fourth-order valence-electron chi connectivity index (χ4n) is 1.20. The van der Waals surface area contributed by atoms with Crippen molar-refractivity contribution in [2.24, 2.45) is 0 Å². The molecule has 0 bridgehead atoms. The molecule has 0 spiro atoms. The van der Waals surface area contributed by atoms with Crippen LogP contribution in [0.25, 0.3) is 0 Å². The summed E-state index contributed by atoms with van der Waals surface area (Å²) < 4.78 is 141. The average molecular weight is 326 g/mol. The molecule has 1 saturated heterocycles. The Kier molecular flexibility index (Phi) is 3.74. The van der Waals surface area contributed by atoms with E-state index in [0.29, 0.717) is 0 Å². The van der Waals surface area contributed by atoms with Crippen LogP contribution in [0.5, 0.6) is 0 Å². The van der Waals surface area contributed by atoms with Crippen molar-refractivity contribution in [1.82, 2.24) is 0 Å². The van der Waals surface area contributed by atoms with E-state index < -0.39 is 49.0 Å². The zero-order valence-electron chi connectivity index (χ0n) is 9.06. The molecule has 0 saturated carbocycles. The lowest BCUT2D eigenvalue weighted by Gasteiger charge is -2.37. The Hall–Kier alpha value is -0.810. The van der Waals surface area contributed by atoms with E-state index in [9.17, 15) is 48.3 Å². The first-order valence-electron chi connectivity index (χ1n) is 4.77. The molecular formula is C8H5F11O. The molecule has 1 unspecified atom stereocenters. The molecule has 0 amide bonds. The van der Waals surface area contributed by atoms with E-state index in [-0.39, 0.29) is 0 Å². The first-order chi connectivity index (χ1) is 8.58. The van der Waals surface area contributed by atoms with E-state index in [4.69, 9.17) is 0 Å². The molecule has 1 fully saturated rings. The normalized spacial score (nSPS) is 22.1. The molecule has 1 aliphatic rings. The van der Waals surface area contributed by atoms with Gasteiger partial charge >= 0.3 is 29.9 Å². The minimum Gasteiger partial charge on any atom is -0.373 e. The molecule has 0 aliphatic carbocycles. The third kappa shape index (κ3) is 2.42. The smallest absolute Gasteiger partial charge is 0.373 e. The Morgan fingerprint density at radius 2 is 1.10 bits per heavy atom. The number of ether oxygens (including phenoxy) is 1. The second kappa shape index (κ2) is 4.34. The Balaban J connectivity index is 3.16. The summed E-state index contributed by atoms with van der Waals surface area (Å²) in [6.45, 7) is -0.507. The van der Waals surface area contributed by atoms with E-state index in [1.807, 2.05) is 0 Å². The van der Waals surface area contributed by atoms with Crippen molar-refractivity contribution in [3.8, 4) is 0 Å². The summed E-state index contributed by atoms with van der Waals surface area (Å²) in [5.41, 5.74) is 0. The van der Waals surface area contributed by atoms with Crippen molar-refractivity contribution in [2.45, 2.75) is 42.4 Å². The van der Waals surface area contributed by atoms with Gasteiger partial charge in [-0.05, 0) is 0 Å². The topological polar surface area (TPSA) is 12.5 Å². The van der Waals surface area contributed by atoms with Crippen LogP contribution in [0.3, 0.4) is 0 Å². The standard InChI is InChI=1S/C8H5F11O/c9-4(10,1-3-2-20-3)5(11,12)6(13,14)7(15,16)8(17,18)19/h3H,1-2H2. The Labute approximate surface area is 103 Å². The summed E-state index contributed by atoms with van der Waals surface area (Å²) in [7, 11) is 0. The molecular weight excluding hydrogens is 321 g/mol. The molecule has 0 radical (unpaired) electrons. The van der Waals surface area contributed by atoms with Crippen LogP contribution in [0.2, 0.25) is 0 Å². The van der Waals surface area contributed by atoms with Crippen LogP contribution < -0.4 is 0 Å². The number of rotatable bonds is 5. The molecule has 1 atom stereocenters. The van der Waals surface area contributed by atoms with E-state index in [2.05, 4.69) is 4.74 Å². The van der Waals surface area contributed by atoms with Gasteiger partial charge in [0.1, 0.15) is 0 Å². The van der Waals surface area contributed by atoms with Gasteiger partial charge in [0.05, 0.1) is 12.7 Å². The minimum absolute atomic E-state index is 0.507. The summed E-state index contributed by atoms with van der Waals surface area (Å²) in [5, 5.41) is 0. The zero-order chi connectivity index (χ0) is 16.2. The van der Waals surface area contributed by atoms with Crippen LogP contribution in [0, 0.1) is 0 Å². The van der Waals surface area contributed by atoms with Crippen LogP contribution >= 0.6 is 0 Å². The highest BCUT2D eigenvalue weighted by Crippen LogP contribution is 2.58. The number of hydrogen-bond donors (Lipinski definition) is 0. The SMILES string of the molecule is FC(F)(F)C(F)(F)C(F)(F)C(F)(F)C(F)(F)CC1CO1. The second-order valence-corrected chi connectivity index (χ2v) is 4.08. The van der Waals surface area contributed by atoms with E-state index in [1.165, 1.54) is 0 Å². The van der Waals surface area contributed by atoms with Gasteiger partial charge in [0.15, 0.2) is 0 Å². The summed E-state index contributed by atoms with van der Waals surface area (Å²) in [5.74, 6) is -27.4. The lowest BCUT2D eigenvalue weighted by molar-refractivity contribution is -0.422. The second-order valence-electron chi connectivity index (χ2n) is 4.08. The van der Waals surface area contributed by atoms with Crippen molar-refractivity contribution in [3.63, 3.8) is 0 Å². The fourth-order valence-corrected chi connectivity index (χ4v) is 1.20. The van der Waals surface area contributed by atoms with Crippen LogP contribution in [0.4, 0.5) is 48.3 Å². The molecule has 0 aromatic rings. The molecule has 20 heavy (non-hydrogen) atoms. The van der Waals surface area contributed by atoms with Gasteiger partial charge in [-0.15, -0.1) is 0 Å². The van der Waals surface area contributed by atoms with Crippen LogP contribution in [-0.2, 0) is 4.74 Å². The van der Waals surface area contributed by atoms with Crippen LogP contribution in [0.1, 0.15) is 6.42 Å². The maximum atomic E-state index is 12.9. The number of alkyl halides is 11. The van der Waals surface area contributed by atoms with E-state index >= 15 is 0 Å². The van der Waals surface area contributed by atoms with Crippen molar-refractivity contribution < 1.29 is 53.0 Å². The molecule has 0 aromatic carbocycles. The van der Waals surface area contributed by atoms with Gasteiger partial charge in [0.25, 0.3) is 0 Å². The lowest BCUT2D eigenvalue weighted by Crippen LogP contribution is -2.66. The van der Waals surface area contributed by atoms with Crippen LogP contribution in [-0.4, -0.2) is 42.6 Å². The molecule has 1 aliphatic heterocycles. The predicted octanol–water partition coefficient (Wildman–Crippen LogP) is 3.88. The van der Waals surface area contributed by atoms with Gasteiger partial charge in [-0.2, -0.15) is 48.3 Å². The number of epoxide rings is 1. The number of hydrogen-bond acceptors (Lipinski definition) is 1. The summed E-state index contributed by atoms with van der Waals surface area (Å²) in [6.07, 6.45) is -10.8. The third-order valence-corrected chi connectivity index (χ3v) is 2.49. The minimum atomic E-state index is -7.32. The highest BCUT2D eigenvalue weighted by Gasteiger charge is 2.87. The van der Waals surface area contributed by atoms with Crippen molar-refractivity contribution in [2.75, 3.05) is 6.61 Å². The van der Waals surface area contributed by atoms with Gasteiger partial charge in [-0.1, -0.05) is 0 Å². The highest BCUT2D eigenvalue weighted by molar-refractivity contribution is 5.07. The summed E-state index contributed by atoms with van der Waals surface area (Å²) in [4.78, 5) is 0. The summed E-state index contributed by atoms with van der Waals surface area (Å²) >= 11 is 0. The first kappa shape index (κ1) is 17.2. The van der Waals surface area contributed by atoms with Gasteiger partial charge < -0.3 is 4.74 Å². The molecule has 0 aromatic heterocycles. The molecule has 0 N–H and O–H groups in total. The van der Waals surface area contributed by atoms with Gasteiger partial charge in [-0.25, -0.2) is 0 Å². The molecule has 1 nitrogen and oxygen atoms in total. The third-order valence-electron chi connectivity index (χ3n) is 2.49. The lowest BCUT2D eigenvalue weighted by atomic mass is 9.95. The average Bonchev–Trinajstić information content (AvgIpc) is 2.98. The highest BCUT2D eigenvalue weighted by atomic mass is 19.4. The molecule has 12 heteroatoms. The fraction of sp³-hybridized carbons (Fsp3) is 1.00. The van der Waals surface area contributed by atoms with Crippen molar-refractivity contribution in [3.05, 3.63) is 0 Å². The molecule has 1 heterocycles. The monoisotopic (exact) mass is 326 g/mol. The first-order valence-corrected chi connectivity index (χ1v) is 4.77. The number of halogens is 11. The van der Waals surface area contributed by atoms with Crippen molar-refractivity contribution in [1.29, 1.82) is 0 Å². The van der Waals surface area contributed by atoms with Gasteiger partial charge in [-0.3, -0.25) is 0 Å². The maximum absolute atomic E-state index is 12.9. The molecule has 120 valence electrons. The Morgan fingerprint density at radius 1 is 0.700 bits per heavy atom. The Morgan fingerprint density at radius 3 is 1.40 bits per heavy atom. The van der Waals surface area contributed by atoms with Gasteiger partial charge in [0, 0.05) is 6.42 Å². The predicted molar refractivity (Wildman–Crippen MR) is 40.2 cm³/mol. The summed E-state index contributed by atoms with van der Waals surface area (Å²) in [6, 6.07) is 0. The van der Waals surface area contributed by atoms with Crippen LogP contribution in [0.15, 0.2) is 0 Å². The van der Waals surface area contributed by atoms with Gasteiger partial charge in [0.2, 0.25) is 0 Å². The zero-order valence-corrected chi connectivity index (χ0v) is 9.06. The van der Waals surface area contributed by atoms with Crippen molar-refractivity contribution >= 4 is 0 Å². The Bertz CT molecular complexity index is 367. The largest absolute Gasteiger partial charge is 0.460 e.